The van der Waals surface area contributed by atoms with E-state index < -0.39 is 0 Å². The summed E-state index contributed by atoms with van der Waals surface area (Å²) in [5.41, 5.74) is 5.94. The summed E-state index contributed by atoms with van der Waals surface area (Å²) < 4.78 is 4.83. The van der Waals surface area contributed by atoms with Crippen molar-refractivity contribution in [3.63, 3.8) is 0 Å². The molecule has 0 radical (unpaired) electrons. The molecule has 0 fully saturated rings. The van der Waals surface area contributed by atoms with Gasteiger partial charge >= 0.3 is 5.97 Å². The lowest BCUT2D eigenvalue weighted by molar-refractivity contribution is -0.141. The maximum Gasteiger partial charge on any atom is 0.325 e. The lowest BCUT2D eigenvalue weighted by Crippen LogP contribution is -2.29. The van der Waals surface area contributed by atoms with Crippen LogP contribution in [0.5, 0.6) is 0 Å². The van der Waals surface area contributed by atoms with Crippen molar-refractivity contribution in [1.82, 2.24) is 9.97 Å². The number of likely N-dealkylation sites (N-methyl/N-ethyl adjacent to an activating group) is 1. The van der Waals surface area contributed by atoms with Gasteiger partial charge in [-0.1, -0.05) is 12.2 Å². The Labute approximate surface area is 105 Å². The van der Waals surface area contributed by atoms with Gasteiger partial charge in [-0.25, -0.2) is 9.97 Å². The highest BCUT2D eigenvalue weighted by atomic mass is 32.1. The number of esters is 1. The lowest BCUT2D eigenvalue weighted by Gasteiger charge is -2.15. The van der Waals surface area contributed by atoms with Gasteiger partial charge in [-0.05, 0) is 13.0 Å². The third-order valence-electron chi connectivity index (χ3n) is 1.91. The molecule has 0 bridgehead atoms. The summed E-state index contributed by atoms with van der Waals surface area (Å²) in [6.07, 6.45) is 1.54. The van der Waals surface area contributed by atoms with E-state index in [1.807, 2.05) is 0 Å². The third-order valence-corrected chi connectivity index (χ3v) is 2.12. The number of hydrogen-bond acceptors (Lipinski definition) is 6. The highest BCUT2D eigenvalue weighted by Gasteiger charge is 2.11. The largest absolute Gasteiger partial charge is 0.465 e. The molecular formula is C10H14N4O2S. The highest BCUT2D eigenvalue weighted by Crippen LogP contribution is 2.05. The second-order valence-electron chi connectivity index (χ2n) is 3.27. The van der Waals surface area contributed by atoms with E-state index in [0.717, 1.165) is 0 Å². The molecule has 1 aromatic heterocycles. The van der Waals surface area contributed by atoms with Gasteiger partial charge in [0.05, 0.1) is 6.61 Å². The minimum Gasteiger partial charge on any atom is -0.465 e. The first-order valence-corrected chi connectivity index (χ1v) is 5.45. The van der Waals surface area contributed by atoms with E-state index in [2.05, 4.69) is 9.97 Å². The van der Waals surface area contributed by atoms with E-state index in [-0.39, 0.29) is 17.5 Å². The average molecular weight is 254 g/mol. The fraction of sp³-hybridized carbons (Fsp3) is 0.400. The first-order chi connectivity index (χ1) is 8.04. The zero-order valence-corrected chi connectivity index (χ0v) is 10.5. The zero-order valence-electron chi connectivity index (χ0n) is 9.71. The average Bonchev–Trinajstić information content (AvgIpc) is 2.29. The van der Waals surface area contributed by atoms with Crippen molar-refractivity contribution >= 4 is 29.1 Å². The molecule has 0 spiro atoms. The number of nitrogens with two attached hydrogens (primary N) is 1. The number of thiocarbonyl (C=S) groups is 1. The van der Waals surface area contributed by atoms with Gasteiger partial charge in [-0.3, -0.25) is 4.79 Å². The summed E-state index contributed by atoms with van der Waals surface area (Å²) in [5, 5.41) is 0. The van der Waals surface area contributed by atoms with Crippen molar-refractivity contribution in [2.24, 2.45) is 5.73 Å². The van der Waals surface area contributed by atoms with Crippen LogP contribution in [-0.2, 0) is 9.53 Å². The third kappa shape index (κ3) is 3.95. The number of nitrogens with zero attached hydrogens (tertiary/aromatic N) is 3. The summed E-state index contributed by atoms with van der Waals surface area (Å²) in [6.45, 7) is 2.18. The van der Waals surface area contributed by atoms with Gasteiger partial charge in [0.25, 0.3) is 0 Å². The molecule has 1 rings (SSSR count). The van der Waals surface area contributed by atoms with Crippen molar-refractivity contribution in [3.05, 3.63) is 18.0 Å². The van der Waals surface area contributed by atoms with Crippen LogP contribution in [0, 0.1) is 0 Å². The van der Waals surface area contributed by atoms with Crippen molar-refractivity contribution in [1.29, 1.82) is 0 Å². The van der Waals surface area contributed by atoms with Crippen LogP contribution in [0.15, 0.2) is 12.3 Å². The molecule has 1 heterocycles. The Kier molecular flexibility index (Phi) is 4.77. The van der Waals surface area contributed by atoms with Crippen LogP contribution in [0.3, 0.4) is 0 Å². The Hall–Kier alpha value is -1.76. The Bertz CT molecular complexity index is 425. The molecule has 1 aromatic rings. The Morgan fingerprint density at radius 2 is 2.35 bits per heavy atom. The van der Waals surface area contributed by atoms with Crippen LogP contribution >= 0.6 is 12.2 Å². The van der Waals surface area contributed by atoms with Crippen LogP contribution in [0.25, 0.3) is 0 Å². The Balaban J connectivity index is 2.75. The second kappa shape index (κ2) is 6.09. The van der Waals surface area contributed by atoms with Gasteiger partial charge in [0, 0.05) is 13.2 Å². The van der Waals surface area contributed by atoms with Gasteiger partial charge in [-0.15, -0.1) is 0 Å². The van der Waals surface area contributed by atoms with Crippen LogP contribution in [-0.4, -0.2) is 41.1 Å². The molecular weight excluding hydrogens is 240 g/mol. The van der Waals surface area contributed by atoms with Gasteiger partial charge < -0.3 is 15.4 Å². The second-order valence-corrected chi connectivity index (χ2v) is 3.71. The first kappa shape index (κ1) is 13.3. The number of carbonyl (C=O) groups is 1. The number of rotatable bonds is 5. The predicted octanol–water partition coefficient (Wildman–Crippen LogP) is 0.110. The first-order valence-electron chi connectivity index (χ1n) is 5.04. The number of aromatic nitrogens is 2. The van der Waals surface area contributed by atoms with E-state index in [1.54, 1.807) is 31.1 Å². The summed E-state index contributed by atoms with van der Waals surface area (Å²) in [4.78, 5) is 21.2. The maximum absolute atomic E-state index is 11.3. The van der Waals surface area contributed by atoms with Gasteiger partial charge in [-0.2, -0.15) is 0 Å². The molecule has 0 unspecified atom stereocenters. The lowest BCUT2D eigenvalue weighted by atomic mass is 10.4. The van der Waals surface area contributed by atoms with E-state index in [9.17, 15) is 4.79 Å². The fourth-order valence-electron chi connectivity index (χ4n) is 1.14. The van der Waals surface area contributed by atoms with Gasteiger partial charge in [0.1, 0.15) is 17.2 Å². The molecule has 0 aromatic carbocycles. The molecule has 0 aliphatic heterocycles. The molecule has 2 N–H and O–H groups in total. The number of anilines is 1. The summed E-state index contributed by atoms with van der Waals surface area (Å²) in [7, 11) is 1.69. The normalized spacial score (nSPS) is 9.76. The number of carbonyl (C=O) groups excluding carboxylic acids is 1. The molecule has 0 amide bonds. The Morgan fingerprint density at radius 3 is 2.94 bits per heavy atom. The number of ether oxygens (including phenoxy) is 1. The fourth-order valence-corrected chi connectivity index (χ4v) is 1.25. The zero-order chi connectivity index (χ0) is 12.8. The van der Waals surface area contributed by atoms with Crippen LogP contribution in [0.2, 0.25) is 0 Å². The summed E-state index contributed by atoms with van der Waals surface area (Å²) in [5.74, 6) is 0.0441. The van der Waals surface area contributed by atoms with Gasteiger partial charge in [0.15, 0.2) is 0 Å². The smallest absolute Gasteiger partial charge is 0.325 e. The van der Waals surface area contributed by atoms with Crippen molar-refractivity contribution < 1.29 is 9.53 Å². The predicted molar refractivity (Wildman–Crippen MR) is 67.8 cm³/mol. The highest BCUT2D eigenvalue weighted by molar-refractivity contribution is 7.80. The van der Waals surface area contributed by atoms with E-state index in [4.69, 9.17) is 22.7 Å². The molecule has 6 nitrogen and oxygen atoms in total. The molecule has 0 saturated carbocycles. The quantitative estimate of drug-likeness (QED) is 0.590. The number of hydrogen-bond donors (Lipinski definition) is 1. The van der Waals surface area contributed by atoms with Crippen LogP contribution < -0.4 is 10.6 Å². The maximum atomic E-state index is 11.3. The molecule has 92 valence electrons. The van der Waals surface area contributed by atoms with Crippen molar-refractivity contribution in [2.75, 3.05) is 25.1 Å². The molecule has 0 aliphatic rings. The SMILES string of the molecule is CCOC(=O)CN(C)c1nccc(C(N)=S)n1. The van der Waals surface area contributed by atoms with E-state index in [0.29, 0.717) is 18.2 Å². The molecule has 0 saturated heterocycles. The van der Waals surface area contributed by atoms with Gasteiger partial charge in [0.2, 0.25) is 5.95 Å². The van der Waals surface area contributed by atoms with Crippen LogP contribution in [0.1, 0.15) is 12.6 Å². The minimum absolute atomic E-state index is 0.0780. The standard InChI is InChI=1S/C10H14N4O2S/c1-3-16-8(15)6-14(2)10-12-5-4-7(13-10)9(11)17/h4-5H,3,6H2,1-2H3,(H2,11,17). The monoisotopic (exact) mass is 254 g/mol. The molecule has 17 heavy (non-hydrogen) atoms. The minimum atomic E-state index is -0.334. The van der Waals surface area contributed by atoms with Crippen molar-refractivity contribution in [2.45, 2.75) is 6.92 Å². The van der Waals surface area contributed by atoms with E-state index in [1.165, 1.54) is 0 Å². The van der Waals surface area contributed by atoms with Crippen LogP contribution in [0.4, 0.5) is 5.95 Å². The molecule has 0 atom stereocenters. The molecule has 0 aliphatic carbocycles. The summed E-state index contributed by atoms with van der Waals surface area (Å²) >= 11 is 4.81. The molecule has 7 heteroatoms. The van der Waals surface area contributed by atoms with Crippen molar-refractivity contribution in [3.8, 4) is 0 Å². The topological polar surface area (TPSA) is 81.3 Å². The van der Waals surface area contributed by atoms with E-state index >= 15 is 0 Å². The Morgan fingerprint density at radius 1 is 1.65 bits per heavy atom. The summed E-state index contributed by atoms with van der Waals surface area (Å²) in [6, 6.07) is 1.62.